The van der Waals surface area contributed by atoms with Crippen LogP contribution in [0.3, 0.4) is 0 Å². The molecule has 0 radical (unpaired) electrons. The number of piperazine rings is 1. The standard InChI is InChI=1S/C16H20ClFN2O2/c1-16(2,3)15(22)20-8-6-19(7-9-20)14(21)12-10-11(17)4-5-13(12)18/h4-5,10H,6-9H2,1-3H3. The summed E-state index contributed by atoms with van der Waals surface area (Å²) in [5.41, 5.74) is -0.464. The molecular formula is C16H20ClFN2O2. The summed E-state index contributed by atoms with van der Waals surface area (Å²) in [4.78, 5) is 27.9. The van der Waals surface area contributed by atoms with E-state index in [1.165, 1.54) is 18.2 Å². The minimum Gasteiger partial charge on any atom is -0.339 e. The van der Waals surface area contributed by atoms with Crippen LogP contribution in [0.4, 0.5) is 4.39 Å². The lowest BCUT2D eigenvalue weighted by atomic mass is 9.94. The summed E-state index contributed by atoms with van der Waals surface area (Å²) in [6, 6.07) is 3.94. The van der Waals surface area contributed by atoms with Gasteiger partial charge < -0.3 is 9.80 Å². The summed E-state index contributed by atoms with van der Waals surface area (Å²) in [5.74, 6) is -0.904. The van der Waals surface area contributed by atoms with Gasteiger partial charge in [0.15, 0.2) is 0 Å². The van der Waals surface area contributed by atoms with E-state index in [2.05, 4.69) is 0 Å². The van der Waals surface area contributed by atoms with Crippen LogP contribution in [-0.2, 0) is 4.79 Å². The van der Waals surface area contributed by atoms with Gasteiger partial charge in [0.25, 0.3) is 5.91 Å². The first-order chi connectivity index (χ1) is 10.2. The van der Waals surface area contributed by atoms with Gasteiger partial charge in [-0.1, -0.05) is 32.4 Å². The molecule has 1 heterocycles. The second kappa shape index (κ2) is 6.24. The van der Waals surface area contributed by atoms with Crippen molar-refractivity contribution in [1.82, 2.24) is 9.80 Å². The Morgan fingerprint density at radius 2 is 1.64 bits per heavy atom. The number of amides is 2. The third-order valence-electron chi connectivity index (χ3n) is 3.65. The molecule has 0 bridgehead atoms. The van der Waals surface area contributed by atoms with Gasteiger partial charge in [-0.05, 0) is 18.2 Å². The van der Waals surface area contributed by atoms with Gasteiger partial charge in [-0.2, -0.15) is 0 Å². The Morgan fingerprint density at radius 1 is 1.09 bits per heavy atom. The van der Waals surface area contributed by atoms with Gasteiger partial charge in [0, 0.05) is 36.6 Å². The topological polar surface area (TPSA) is 40.6 Å². The Bertz CT molecular complexity index is 590. The predicted molar refractivity (Wildman–Crippen MR) is 83.3 cm³/mol. The highest BCUT2D eigenvalue weighted by Crippen LogP contribution is 2.20. The molecule has 0 saturated carbocycles. The van der Waals surface area contributed by atoms with Gasteiger partial charge in [0.1, 0.15) is 5.82 Å². The molecule has 1 aliphatic heterocycles. The summed E-state index contributed by atoms with van der Waals surface area (Å²) in [6.45, 7) is 7.32. The molecule has 1 aliphatic rings. The largest absolute Gasteiger partial charge is 0.339 e. The first-order valence-corrected chi connectivity index (χ1v) is 7.61. The highest BCUT2D eigenvalue weighted by Gasteiger charge is 2.31. The maximum atomic E-state index is 13.8. The van der Waals surface area contributed by atoms with Crippen molar-refractivity contribution in [3.63, 3.8) is 0 Å². The molecule has 1 fully saturated rings. The van der Waals surface area contributed by atoms with Crippen LogP contribution in [0.15, 0.2) is 18.2 Å². The van der Waals surface area contributed by atoms with Crippen LogP contribution in [0.25, 0.3) is 0 Å². The van der Waals surface area contributed by atoms with Crippen molar-refractivity contribution < 1.29 is 14.0 Å². The molecule has 22 heavy (non-hydrogen) atoms. The molecule has 0 N–H and O–H groups in total. The minimum absolute atomic E-state index is 0.0249. The summed E-state index contributed by atoms with van der Waals surface area (Å²) in [5, 5.41) is 0.325. The van der Waals surface area contributed by atoms with Crippen molar-refractivity contribution in [1.29, 1.82) is 0 Å². The van der Waals surface area contributed by atoms with Crippen LogP contribution in [-0.4, -0.2) is 47.8 Å². The Balaban J connectivity index is 2.04. The van der Waals surface area contributed by atoms with E-state index in [1.54, 1.807) is 9.80 Å². The maximum absolute atomic E-state index is 13.8. The van der Waals surface area contributed by atoms with Crippen molar-refractivity contribution in [3.05, 3.63) is 34.6 Å². The molecule has 0 atom stereocenters. The molecule has 120 valence electrons. The zero-order chi connectivity index (χ0) is 16.5. The van der Waals surface area contributed by atoms with E-state index in [-0.39, 0.29) is 17.4 Å². The van der Waals surface area contributed by atoms with Crippen LogP contribution in [0, 0.1) is 11.2 Å². The first kappa shape index (κ1) is 16.7. The number of carbonyl (C=O) groups excluding carboxylic acids is 2. The number of halogens is 2. The SMILES string of the molecule is CC(C)(C)C(=O)N1CCN(C(=O)c2cc(Cl)ccc2F)CC1. The Hall–Kier alpha value is -1.62. The van der Waals surface area contributed by atoms with E-state index in [9.17, 15) is 14.0 Å². The molecule has 1 aromatic rings. The van der Waals surface area contributed by atoms with Gasteiger partial charge in [-0.15, -0.1) is 0 Å². The predicted octanol–water partition coefficient (Wildman–Crippen LogP) is 2.81. The maximum Gasteiger partial charge on any atom is 0.257 e. The van der Waals surface area contributed by atoms with Gasteiger partial charge in [0.2, 0.25) is 5.91 Å². The molecule has 1 aromatic carbocycles. The Kier molecular flexibility index (Phi) is 4.75. The molecule has 0 aromatic heterocycles. The Morgan fingerprint density at radius 3 is 2.18 bits per heavy atom. The van der Waals surface area contributed by atoms with Crippen LogP contribution >= 0.6 is 11.6 Å². The summed E-state index contributed by atoms with van der Waals surface area (Å²) >= 11 is 5.82. The lowest BCUT2D eigenvalue weighted by molar-refractivity contribution is -0.140. The van der Waals surface area contributed by atoms with E-state index in [4.69, 9.17) is 11.6 Å². The molecule has 6 heteroatoms. The molecule has 4 nitrogen and oxygen atoms in total. The third kappa shape index (κ3) is 3.58. The molecule has 2 rings (SSSR count). The fourth-order valence-electron chi connectivity index (χ4n) is 2.42. The third-order valence-corrected chi connectivity index (χ3v) is 3.89. The molecule has 0 spiro atoms. The van der Waals surface area contributed by atoms with E-state index in [0.717, 1.165) is 0 Å². The average molecular weight is 327 g/mol. The average Bonchev–Trinajstić information content (AvgIpc) is 2.47. The molecular weight excluding hydrogens is 307 g/mol. The van der Waals surface area contributed by atoms with E-state index in [0.29, 0.717) is 31.2 Å². The van der Waals surface area contributed by atoms with Gasteiger partial charge >= 0.3 is 0 Å². The number of rotatable bonds is 1. The fraction of sp³-hybridized carbons (Fsp3) is 0.500. The second-order valence-corrected chi connectivity index (χ2v) is 6.90. The highest BCUT2D eigenvalue weighted by atomic mass is 35.5. The summed E-state index contributed by atoms with van der Waals surface area (Å²) in [6.07, 6.45) is 0. The number of carbonyl (C=O) groups is 2. The van der Waals surface area contributed by atoms with Gasteiger partial charge in [-0.25, -0.2) is 4.39 Å². The smallest absolute Gasteiger partial charge is 0.257 e. The molecule has 2 amide bonds. The fourth-order valence-corrected chi connectivity index (χ4v) is 2.59. The van der Waals surface area contributed by atoms with E-state index < -0.39 is 11.2 Å². The van der Waals surface area contributed by atoms with Crippen molar-refractivity contribution in [2.45, 2.75) is 20.8 Å². The second-order valence-electron chi connectivity index (χ2n) is 6.46. The normalized spacial score (nSPS) is 15.9. The minimum atomic E-state index is -0.581. The monoisotopic (exact) mass is 326 g/mol. The summed E-state index contributed by atoms with van der Waals surface area (Å²) in [7, 11) is 0. The molecule has 0 aliphatic carbocycles. The van der Waals surface area contributed by atoms with Crippen LogP contribution in [0.1, 0.15) is 31.1 Å². The van der Waals surface area contributed by atoms with E-state index >= 15 is 0 Å². The van der Waals surface area contributed by atoms with Crippen molar-refractivity contribution in [2.24, 2.45) is 5.41 Å². The first-order valence-electron chi connectivity index (χ1n) is 7.24. The summed E-state index contributed by atoms with van der Waals surface area (Å²) < 4.78 is 13.8. The molecule has 0 unspecified atom stereocenters. The number of benzene rings is 1. The van der Waals surface area contributed by atoms with Crippen molar-refractivity contribution in [3.8, 4) is 0 Å². The Labute approximate surface area is 134 Å². The number of hydrogen-bond acceptors (Lipinski definition) is 2. The lowest BCUT2D eigenvalue weighted by Crippen LogP contribution is -2.53. The van der Waals surface area contributed by atoms with Gasteiger partial charge in [-0.3, -0.25) is 9.59 Å². The molecule has 1 saturated heterocycles. The lowest BCUT2D eigenvalue weighted by Gasteiger charge is -2.37. The highest BCUT2D eigenvalue weighted by molar-refractivity contribution is 6.31. The van der Waals surface area contributed by atoms with Crippen LogP contribution < -0.4 is 0 Å². The van der Waals surface area contributed by atoms with Crippen LogP contribution in [0.2, 0.25) is 5.02 Å². The van der Waals surface area contributed by atoms with Crippen molar-refractivity contribution in [2.75, 3.05) is 26.2 Å². The van der Waals surface area contributed by atoms with Crippen molar-refractivity contribution >= 4 is 23.4 Å². The number of nitrogens with zero attached hydrogens (tertiary/aromatic N) is 2. The van der Waals surface area contributed by atoms with E-state index in [1.807, 2.05) is 20.8 Å². The zero-order valence-electron chi connectivity index (χ0n) is 13.0. The van der Waals surface area contributed by atoms with Crippen LogP contribution in [0.5, 0.6) is 0 Å². The quantitative estimate of drug-likeness (QED) is 0.796. The zero-order valence-corrected chi connectivity index (χ0v) is 13.8. The number of hydrogen-bond donors (Lipinski definition) is 0. The van der Waals surface area contributed by atoms with Gasteiger partial charge in [0.05, 0.1) is 5.56 Å².